The molecule has 0 heterocycles. The van der Waals surface area contributed by atoms with E-state index in [1.807, 2.05) is 0 Å². The Labute approximate surface area is 149 Å². The highest BCUT2D eigenvalue weighted by Gasteiger charge is 2.31. The van der Waals surface area contributed by atoms with Gasteiger partial charge >= 0.3 is 0 Å². The second-order valence-corrected chi connectivity index (χ2v) is 7.43. The number of halogens is 3. The maximum absolute atomic E-state index is 13.8. The van der Waals surface area contributed by atoms with Crippen molar-refractivity contribution in [1.29, 1.82) is 0 Å². The van der Waals surface area contributed by atoms with Gasteiger partial charge in [0.1, 0.15) is 23.5 Å². The lowest BCUT2D eigenvalue weighted by atomic mass is 10.1. The second-order valence-electron chi connectivity index (χ2n) is 5.57. The van der Waals surface area contributed by atoms with Crippen LogP contribution in [0.1, 0.15) is 13.3 Å². The van der Waals surface area contributed by atoms with Crippen LogP contribution < -0.4 is 9.62 Å². The van der Waals surface area contributed by atoms with Gasteiger partial charge in [-0.25, -0.2) is 21.6 Å². The van der Waals surface area contributed by atoms with E-state index in [2.05, 4.69) is 5.32 Å². The van der Waals surface area contributed by atoms with Gasteiger partial charge in [0.2, 0.25) is 15.9 Å². The number of carbonyl (C=O) groups is 1. The first-order chi connectivity index (χ1) is 12.1. The van der Waals surface area contributed by atoms with Crippen LogP contribution in [-0.4, -0.2) is 26.6 Å². The molecule has 0 aliphatic heterocycles. The molecule has 0 aliphatic carbocycles. The van der Waals surface area contributed by atoms with E-state index in [9.17, 15) is 26.4 Å². The Morgan fingerprint density at radius 2 is 1.65 bits per heavy atom. The van der Waals surface area contributed by atoms with E-state index in [4.69, 9.17) is 0 Å². The standard InChI is InChI=1S/C17H17F3N2O3S/c1-3-16(17(23)21-15-9-6-12(19)10-14(15)20)22(26(2,24)25)13-7-4-11(18)5-8-13/h4-10,16H,3H2,1-2H3,(H,21,23)/t16-/m0/s1. The Hall–Kier alpha value is -2.55. The summed E-state index contributed by atoms with van der Waals surface area (Å²) in [5.74, 6) is -3.15. The third-order valence-corrected chi connectivity index (χ3v) is 4.78. The lowest BCUT2D eigenvalue weighted by Gasteiger charge is -2.30. The molecule has 0 radical (unpaired) electrons. The molecule has 0 aliphatic rings. The van der Waals surface area contributed by atoms with Crippen molar-refractivity contribution in [1.82, 2.24) is 0 Å². The predicted octanol–water partition coefficient (Wildman–Crippen LogP) is 3.29. The molecule has 2 rings (SSSR count). The molecule has 5 nitrogen and oxygen atoms in total. The van der Waals surface area contributed by atoms with E-state index in [-0.39, 0.29) is 17.8 Å². The van der Waals surface area contributed by atoms with Crippen LogP contribution in [-0.2, 0) is 14.8 Å². The van der Waals surface area contributed by atoms with Gasteiger partial charge in [-0.1, -0.05) is 6.92 Å². The summed E-state index contributed by atoms with van der Waals surface area (Å²) in [5, 5.41) is 2.26. The molecule has 0 saturated carbocycles. The van der Waals surface area contributed by atoms with Gasteiger partial charge in [-0.05, 0) is 42.8 Å². The van der Waals surface area contributed by atoms with Crippen LogP contribution in [0.2, 0.25) is 0 Å². The average molecular weight is 386 g/mol. The monoisotopic (exact) mass is 386 g/mol. The highest BCUT2D eigenvalue weighted by molar-refractivity contribution is 7.92. The van der Waals surface area contributed by atoms with Crippen molar-refractivity contribution in [3.8, 4) is 0 Å². The summed E-state index contributed by atoms with van der Waals surface area (Å²) < 4.78 is 65.1. The smallest absolute Gasteiger partial charge is 0.248 e. The van der Waals surface area contributed by atoms with Crippen LogP contribution in [0.15, 0.2) is 42.5 Å². The quantitative estimate of drug-likeness (QED) is 0.829. The molecule has 26 heavy (non-hydrogen) atoms. The number of nitrogens with one attached hydrogen (secondary N) is 1. The maximum Gasteiger partial charge on any atom is 0.248 e. The Bertz CT molecular complexity index is 902. The Morgan fingerprint density at radius 3 is 2.15 bits per heavy atom. The summed E-state index contributed by atoms with van der Waals surface area (Å²) >= 11 is 0. The van der Waals surface area contributed by atoms with Crippen molar-refractivity contribution >= 4 is 27.3 Å². The largest absolute Gasteiger partial charge is 0.322 e. The van der Waals surface area contributed by atoms with Crippen molar-refractivity contribution < 1.29 is 26.4 Å². The summed E-state index contributed by atoms with van der Waals surface area (Å²) in [4.78, 5) is 12.6. The van der Waals surface area contributed by atoms with Crippen LogP contribution in [0.5, 0.6) is 0 Å². The molecule has 9 heteroatoms. The molecule has 0 fully saturated rings. The number of carbonyl (C=O) groups excluding carboxylic acids is 1. The minimum atomic E-state index is -3.90. The first kappa shape index (κ1) is 19.8. The lowest BCUT2D eigenvalue weighted by molar-refractivity contribution is -0.117. The van der Waals surface area contributed by atoms with Gasteiger partial charge in [0.05, 0.1) is 17.6 Å². The second kappa shape index (κ2) is 7.77. The van der Waals surface area contributed by atoms with Crippen molar-refractivity contribution in [3.05, 3.63) is 59.9 Å². The molecule has 0 saturated heterocycles. The van der Waals surface area contributed by atoms with E-state index in [0.717, 1.165) is 34.8 Å². The average Bonchev–Trinajstić information content (AvgIpc) is 2.55. The van der Waals surface area contributed by atoms with Crippen LogP contribution in [0, 0.1) is 17.5 Å². The minimum absolute atomic E-state index is 0.0685. The van der Waals surface area contributed by atoms with E-state index in [0.29, 0.717) is 6.07 Å². The first-order valence-electron chi connectivity index (χ1n) is 7.64. The molecule has 0 bridgehead atoms. The minimum Gasteiger partial charge on any atom is -0.322 e. The lowest BCUT2D eigenvalue weighted by Crippen LogP contribution is -2.47. The number of benzene rings is 2. The zero-order valence-electron chi connectivity index (χ0n) is 14.0. The van der Waals surface area contributed by atoms with E-state index < -0.39 is 39.4 Å². The van der Waals surface area contributed by atoms with Gasteiger partial charge < -0.3 is 5.32 Å². The molecule has 1 N–H and O–H groups in total. The van der Waals surface area contributed by atoms with Gasteiger partial charge in [-0.15, -0.1) is 0 Å². The highest BCUT2D eigenvalue weighted by atomic mass is 32.2. The molecule has 2 aromatic carbocycles. The Morgan fingerprint density at radius 1 is 1.08 bits per heavy atom. The van der Waals surface area contributed by atoms with Gasteiger partial charge in [0.25, 0.3) is 0 Å². The molecule has 0 unspecified atom stereocenters. The molecule has 140 valence electrons. The van der Waals surface area contributed by atoms with E-state index >= 15 is 0 Å². The van der Waals surface area contributed by atoms with Crippen LogP contribution in [0.3, 0.4) is 0 Å². The number of nitrogens with zero attached hydrogens (tertiary/aromatic N) is 1. The normalized spacial score (nSPS) is 12.5. The molecular weight excluding hydrogens is 369 g/mol. The van der Waals surface area contributed by atoms with Gasteiger partial charge in [0, 0.05) is 6.07 Å². The molecule has 1 atom stereocenters. The number of amides is 1. The summed E-state index contributed by atoms with van der Waals surface area (Å²) in [5.41, 5.74) is -0.183. The number of hydrogen-bond donors (Lipinski definition) is 1. The van der Waals surface area contributed by atoms with E-state index in [1.165, 1.54) is 12.1 Å². The molecule has 1 amide bonds. The van der Waals surface area contributed by atoms with Crippen molar-refractivity contribution in [2.24, 2.45) is 0 Å². The number of anilines is 2. The Balaban J connectivity index is 2.38. The number of rotatable bonds is 6. The zero-order chi connectivity index (χ0) is 19.5. The topological polar surface area (TPSA) is 66.5 Å². The van der Waals surface area contributed by atoms with E-state index in [1.54, 1.807) is 6.92 Å². The SMILES string of the molecule is CC[C@@H](C(=O)Nc1ccc(F)cc1F)N(c1ccc(F)cc1)S(C)(=O)=O. The van der Waals surface area contributed by atoms with Crippen LogP contribution >= 0.6 is 0 Å². The third kappa shape index (κ3) is 4.54. The summed E-state index contributed by atoms with van der Waals surface area (Å²) in [7, 11) is -3.90. The highest BCUT2D eigenvalue weighted by Crippen LogP contribution is 2.24. The van der Waals surface area contributed by atoms with Crippen molar-refractivity contribution in [2.75, 3.05) is 15.9 Å². The Kier molecular flexibility index (Phi) is 5.91. The summed E-state index contributed by atoms with van der Waals surface area (Å²) in [6.07, 6.45) is 0.976. The molecule has 2 aromatic rings. The number of hydrogen-bond acceptors (Lipinski definition) is 3. The van der Waals surface area contributed by atoms with Crippen LogP contribution in [0.4, 0.5) is 24.5 Å². The zero-order valence-corrected chi connectivity index (χ0v) is 14.9. The molecule has 0 spiro atoms. The first-order valence-corrected chi connectivity index (χ1v) is 9.49. The fourth-order valence-electron chi connectivity index (χ4n) is 2.46. The van der Waals surface area contributed by atoms with Crippen molar-refractivity contribution in [3.63, 3.8) is 0 Å². The van der Waals surface area contributed by atoms with Gasteiger partial charge in [0.15, 0.2) is 0 Å². The molecule has 0 aromatic heterocycles. The van der Waals surface area contributed by atoms with Gasteiger partial charge in [-0.3, -0.25) is 9.10 Å². The number of sulfonamides is 1. The predicted molar refractivity (Wildman–Crippen MR) is 92.8 cm³/mol. The summed E-state index contributed by atoms with van der Waals surface area (Å²) in [6, 6.07) is 5.99. The van der Waals surface area contributed by atoms with Crippen LogP contribution in [0.25, 0.3) is 0 Å². The van der Waals surface area contributed by atoms with Crippen molar-refractivity contribution in [2.45, 2.75) is 19.4 Å². The third-order valence-electron chi connectivity index (χ3n) is 3.60. The van der Waals surface area contributed by atoms with Gasteiger partial charge in [-0.2, -0.15) is 0 Å². The fraction of sp³-hybridized carbons (Fsp3) is 0.235. The maximum atomic E-state index is 13.8. The summed E-state index contributed by atoms with van der Waals surface area (Å²) in [6.45, 7) is 1.58. The fourth-order valence-corrected chi connectivity index (χ4v) is 3.67. The molecular formula is C17H17F3N2O3S.